The lowest BCUT2D eigenvalue weighted by molar-refractivity contribution is -0.166. The van der Waals surface area contributed by atoms with Crippen LogP contribution in [0, 0.1) is 52.3 Å². The number of esters is 1. The lowest BCUT2D eigenvalue weighted by Crippen LogP contribution is -2.49. The van der Waals surface area contributed by atoms with E-state index in [4.69, 9.17) is 4.74 Å². The topological polar surface area (TPSA) is 63.6 Å². The van der Waals surface area contributed by atoms with E-state index in [2.05, 4.69) is 59.8 Å². The van der Waals surface area contributed by atoms with Crippen LogP contribution in [0.5, 0.6) is 0 Å². The molecule has 0 saturated heterocycles. The van der Waals surface area contributed by atoms with E-state index in [0.29, 0.717) is 52.4 Å². The van der Waals surface area contributed by atoms with Crippen LogP contribution >= 0.6 is 0 Å². The number of carbonyl (C=O) groups is 2. The van der Waals surface area contributed by atoms with E-state index >= 15 is 0 Å². The number of ether oxygens (including phenoxy) is 1. The highest BCUT2D eigenvalue weighted by Crippen LogP contribution is 2.68. The fraction of sp³-hybridized carbons (Fsp3) is 0.793. The largest absolute Gasteiger partial charge is 0.467 e. The molecule has 3 saturated carbocycles. The molecule has 0 spiro atoms. The third-order valence-electron chi connectivity index (χ3n) is 10.7. The molecular formula is C29H44O4. The first-order valence-electron chi connectivity index (χ1n) is 13.1. The van der Waals surface area contributed by atoms with Gasteiger partial charge in [0.05, 0.1) is 7.11 Å². The van der Waals surface area contributed by atoms with Gasteiger partial charge in [-0.25, -0.2) is 4.79 Å². The SMILES string of the molecule is COC(=O)[C@]1(O)C[C@@]2(C)C(=CCC3C4CCC(C(C)/C=C/C(C)C(C)C)[C@@]4(C)CCC32)C1=O. The molecule has 0 aliphatic heterocycles. The summed E-state index contributed by atoms with van der Waals surface area (Å²) in [6.07, 6.45) is 12.8. The van der Waals surface area contributed by atoms with Crippen LogP contribution in [-0.4, -0.2) is 29.6 Å². The van der Waals surface area contributed by atoms with Crippen molar-refractivity contribution < 1.29 is 19.4 Å². The molecule has 0 aromatic heterocycles. The Labute approximate surface area is 200 Å². The van der Waals surface area contributed by atoms with E-state index in [1.807, 2.05) is 0 Å². The predicted molar refractivity (Wildman–Crippen MR) is 130 cm³/mol. The van der Waals surface area contributed by atoms with Crippen LogP contribution in [0.2, 0.25) is 0 Å². The molecule has 0 aromatic carbocycles. The quantitative estimate of drug-likeness (QED) is 0.325. The molecule has 0 radical (unpaired) electrons. The Morgan fingerprint density at radius 2 is 1.82 bits per heavy atom. The summed E-state index contributed by atoms with van der Waals surface area (Å²) >= 11 is 0. The second kappa shape index (κ2) is 8.36. The van der Waals surface area contributed by atoms with Crippen LogP contribution in [0.1, 0.15) is 80.1 Å². The minimum Gasteiger partial charge on any atom is -0.467 e. The number of methoxy groups -OCH3 is 1. The monoisotopic (exact) mass is 456 g/mol. The highest BCUT2D eigenvalue weighted by molar-refractivity contribution is 6.18. The molecule has 6 unspecified atom stereocenters. The van der Waals surface area contributed by atoms with E-state index in [1.54, 1.807) is 0 Å². The van der Waals surface area contributed by atoms with Gasteiger partial charge in [-0.15, -0.1) is 0 Å². The maximum absolute atomic E-state index is 13.1. The number of fused-ring (bicyclic) bond motifs is 5. The average molecular weight is 457 g/mol. The summed E-state index contributed by atoms with van der Waals surface area (Å²) in [7, 11) is 1.25. The summed E-state index contributed by atoms with van der Waals surface area (Å²) in [5.74, 6) is 2.78. The zero-order valence-corrected chi connectivity index (χ0v) is 21.7. The van der Waals surface area contributed by atoms with Crippen molar-refractivity contribution in [3.8, 4) is 0 Å². The van der Waals surface area contributed by atoms with E-state index in [0.717, 1.165) is 19.3 Å². The summed E-state index contributed by atoms with van der Waals surface area (Å²) in [5.41, 5.74) is -1.47. The fourth-order valence-corrected chi connectivity index (χ4v) is 8.45. The van der Waals surface area contributed by atoms with E-state index in [1.165, 1.54) is 20.0 Å². The molecule has 4 rings (SSSR count). The van der Waals surface area contributed by atoms with Crippen molar-refractivity contribution in [2.45, 2.75) is 85.7 Å². The van der Waals surface area contributed by atoms with Gasteiger partial charge in [-0.3, -0.25) is 4.79 Å². The van der Waals surface area contributed by atoms with E-state index < -0.39 is 22.8 Å². The van der Waals surface area contributed by atoms with Gasteiger partial charge in [-0.05, 0) is 78.9 Å². The third kappa shape index (κ3) is 3.58. The molecule has 0 heterocycles. The maximum Gasteiger partial charge on any atom is 0.346 e. The van der Waals surface area contributed by atoms with Crippen molar-refractivity contribution in [3.63, 3.8) is 0 Å². The van der Waals surface area contributed by atoms with Crippen molar-refractivity contribution in [2.24, 2.45) is 52.3 Å². The number of ketones is 1. The number of hydrogen-bond donors (Lipinski definition) is 1. The number of rotatable bonds is 5. The van der Waals surface area contributed by atoms with Crippen molar-refractivity contribution in [1.29, 1.82) is 0 Å². The van der Waals surface area contributed by atoms with Crippen LogP contribution in [0.15, 0.2) is 23.8 Å². The van der Waals surface area contributed by atoms with Crippen molar-refractivity contribution in [3.05, 3.63) is 23.8 Å². The van der Waals surface area contributed by atoms with Gasteiger partial charge < -0.3 is 9.84 Å². The molecule has 0 amide bonds. The number of carbonyl (C=O) groups excluding carboxylic acids is 2. The lowest BCUT2D eigenvalue weighted by atomic mass is 9.49. The molecule has 9 atom stereocenters. The molecule has 4 aliphatic carbocycles. The lowest BCUT2D eigenvalue weighted by Gasteiger charge is -2.55. The first kappa shape index (κ1) is 24.7. The molecule has 1 N–H and O–H groups in total. The standard InChI is InChI=1S/C29H44O4/c1-17(2)18(3)8-9-19(4)21-12-13-22-20-10-11-24-25(30)29(32,26(31)33-7)16-28(24,6)23(20)14-15-27(21,22)5/h8-9,11,17-23,32H,10,12-16H2,1-7H3/b9-8+/t18?,19?,20?,21?,22?,23?,27-,28-,29+/m1/s1. The summed E-state index contributed by atoms with van der Waals surface area (Å²) in [6, 6.07) is 0. The van der Waals surface area contributed by atoms with Crippen LogP contribution in [0.4, 0.5) is 0 Å². The smallest absolute Gasteiger partial charge is 0.346 e. The van der Waals surface area contributed by atoms with Gasteiger partial charge in [0.1, 0.15) is 0 Å². The van der Waals surface area contributed by atoms with Crippen molar-refractivity contribution in [1.82, 2.24) is 0 Å². The number of aliphatic hydroxyl groups is 1. The van der Waals surface area contributed by atoms with Crippen LogP contribution in [0.3, 0.4) is 0 Å². The van der Waals surface area contributed by atoms with Gasteiger partial charge in [0.2, 0.25) is 11.4 Å². The Balaban J connectivity index is 1.58. The Bertz CT molecular complexity index is 871. The van der Waals surface area contributed by atoms with Gasteiger partial charge in [0.15, 0.2) is 0 Å². The first-order valence-corrected chi connectivity index (χ1v) is 13.1. The molecule has 4 heteroatoms. The molecule has 0 aromatic rings. The molecule has 4 aliphatic rings. The van der Waals surface area contributed by atoms with Crippen molar-refractivity contribution in [2.75, 3.05) is 7.11 Å². The minimum absolute atomic E-state index is 0.164. The number of allylic oxidation sites excluding steroid dienone is 3. The van der Waals surface area contributed by atoms with Gasteiger partial charge in [0.25, 0.3) is 0 Å². The number of Topliss-reactive ketones (excluding diaryl/α,β-unsaturated/α-hetero) is 1. The predicted octanol–water partition coefficient (Wildman–Crippen LogP) is 5.74. The molecule has 33 heavy (non-hydrogen) atoms. The molecule has 4 nitrogen and oxygen atoms in total. The van der Waals surface area contributed by atoms with Gasteiger partial charge in [-0.2, -0.15) is 0 Å². The van der Waals surface area contributed by atoms with Crippen molar-refractivity contribution >= 4 is 11.8 Å². The van der Waals surface area contributed by atoms with Crippen LogP contribution in [-0.2, 0) is 14.3 Å². The normalized spacial score (nSPS) is 44.3. The second-order valence-electron chi connectivity index (χ2n) is 12.6. The van der Waals surface area contributed by atoms with Crippen LogP contribution in [0.25, 0.3) is 0 Å². The summed E-state index contributed by atoms with van der Waals surface area (Å²) < 4.78 is 4.83. The van der Waals surface area contributed by atoms with Gasteiger partial charge >= 0.3 is 5.97 Å². The zero-order chi connectivity index (χ0) is 24.3. The maximum atomic E-state index is 13.1. The molecular weight excluding hydrogens is 412 g/mol. The van der Waals surface area contributed by atoms with Gasteiger partial charge in [0, 0.05) is 17.4 Å². The van der Waals surface area contributed by atoms with Crippen LogP contribution < -0.4 is 0 Å². The number of hydrogen-bond acceptors (Lipinski definition) is 4. The van der Waals surface area contributed by atoms with E-state index in [-0.39, 0.29) is 6.42 Å². The Kier molecular flexibility index (Phi) is 6.26. The minimum atomic E-state index is -2.02. The molecule has 3 fully saturated rings. The Morgan fingerprint density at radius 1 is 1.12 bits per heavy atom. The molecule has 0 bridgehead atoms. The Hall–Kier alpha value is -1.42. The first-order chi connectivity index (χ1) is 15.4. The summed E-state index contributed by atoms with van der Waals surface area (Å²) in [4.78, 5) is 25.5. The van der Waals surface area contributed by atoms with Gasteiger partial charge in [-0.1, -0.05) is 59.8 Å². The fourth-order valence-electron chi connectivity index (χ4n) is 8.45. The second-order valence-corrected chi connectivity index (χ2v) is 12.6. The summed E-state index contributed by atoms with van der Waals surface area (Å²) in [6.45, 7) is 13.9. The zero-order valence-electron chi connectivity index (χ0n) is 21.7. The highest BCUT2D eigenvalue weighted by atomic mass is 16.5. The Morgan fingerprint density at radius 3 is 2.45 bits per heavy atom. The average Bonchev–Trinajstić information content (AvgIpc) is 3.23. The third-order valence-corrected chi connectivity index (χ3v) is 10.7. The van der Waals surface area contributed by atoms with E-state index in [9.17, 15) is 14.7 Å². The molecule has 184 valence electrons. The highest BCUT2D eigenvalue weighted by Gasteiger charge is 2.67. The summed E-state index contributed by atoms with van der Waals surface area (Å²) in [5, 5.41) is 11.0.